The number of hydrogen-bond donors (Lipinski definition) is 0. The van der Waals surface area contributed by atoms with Crippen molar-refractivity contribution in [2.45, 2.75) is 19.8 Å². The summed E-state index contributed by atoms with van der Waals surface area (Å²) >= 11 is 0. The standard InChI is InChI=1S/C17H21NO6/c1-3-4-14(19)12-5-6-15-13(9-12)18(16(20)11-24-15)10-17(21)23-8-7-22-2/h5-6,9H,3-4,7-8,10-11H2,1-2H3. The van der Waals surface area contributed by atoms with E-state index < -0.39 is 5.97 Å². The van der Waals surface area contributed by atoms with E-state index in [-0.39, 0.29) is 38.1 Å². The highest BCUT2D eigenvalue weighted by Gasteiger charge is 2.28. The molecule has 0 spiro atoms. The molecule has 0 fully saturated rings. The highest BCUT2D eigenvalue weighted by Crippen LogP contribution is 2.33. The fraction of sp³-hybridized carbons (Fsp3) is 0.471. The third-order valence-electron chi connectivity index (χ3n) is 3.54. The number of rotatable bonds is 8. The molecule has 0 aliphatic carbocycles. The molecule has 0 saturated heterocycles. The van der Waals surface area contributed by atoms with Gasteiger partial charge in [0.25, 0.3) is 5.91 Å². The van der Waals surface area contributed by atoms with Crippen LogP contribution in [0, 0.1) is 0 Å². The minimum Gasteiger partial charge on any atom is -0.482 e. The summed E-state index contributed by atoms with van der Waals surface area (Å²) in [6, 6.07) is 4.91. The third kappa shape index (κ3) is 4.32. The fourth-order valence-electron chi connectivity index (χ4n) is 2.33. The van der Waals surface area contributed by atoms with Gasteiger partial charge in [-0.25, -0.2) is 0 Å². The largest absolute Gasteiger partial charge is 0.482 e. The number of nitrogens with zero attached hydrogens (tertiary/aromatic N) is 1. The first kappa shape index (κ1) is 17.9. The van der Waals surface area contributed by atoms with Crippen LogP contribution in [0.1, 0.15) is 30.1 Å². The van der Waals surface area contributed by atoms with E-state index in [0.29, 0.717) is 23.4 Å². The van der Waals surface area contributed by atoms with E-state index in [0.717, 1.165) is 6.42 Å². The average Bonchev–Trinajstić information content (AvgIpc) is 2.57. The van der Waals surface area contributed by atoms with Gasteiger partial charge in [-0.3, -0.25) is 19.3 Å². The summed E-state index contributed by atoms with van der Waals surface area (Å²) in [5.74, 6) is -0.446. The first-order chi connectivity index (χ1) is 11.6. The zero-order valence-electron chi connectivity index (χ0n) is 13.9. The molecule has 1 aliphatic heterocycles. The molecule has 0 radical (unpaired) electrons. The van der Waals surface area contributed by atoms with Gasteiger partial charge in [0, 0.05) is 19.1 Å². The van der Waals surface area contributed by atoms with Crippen molar-refractivity contribution in [3.8, 4) is 5.75 Å². The van der Waals surface area contributed by atoms with Crippen LogP contribution in [0.5, 0.6) is 5.75 Å². The van der Waals surface area contributed by atoms with E-state index in [2.05, 4.69) is 0 Å². The lowest BCUT2D eigenvalue weighted by Crippen LogP contribution is -2.42. The summed E-state index contributed by atoms with van der Waals surface area (Å²) in [6.07, 6.45) is 1.16. The van der Waals surface area contributed by atoms with Gasteiger partial charge < -0.3 is 14.2 Å². The second kappa shape index (κ2) is 8.44. The molecular formula is C17H21NO6. The van der Waals surface area contributed by atoms with E-state index >= 15 is 0 Å². The minimum atomic E-state index is -0.543. The number of Topliss-reactive ketones (excluding diaryl/α,β-unsaturated/α-hetero) is 1. The number of amides is 1. The lowest BCUT2D eigenvalue weighted by atomic mass is 10.0. The van der Waals surface area contributed by atoms with Crippen LogP contribution in [0.3, 0.4) is 0 Å². The predicted octanol–water partition coefficient (Wildman–Crippen LogP) is 1.58. The van der Waals surface area contributed by atoms with Gasteiger partial charge in [0.15, 0.2) is 12.4 Å². The predicted molar refractivity (Wildman–Crippen MR) is 86.4 cm³/mol. The zero-order chi connectivity index (χ0) is 17.5. The molecule has 0 atom stereocenters. The van der Waals surface area contributed by atoms with E-state index in [1.165, 1.54) is 12.0 Å². The fourth-order valence-corrected chi connectivity index (χ4v) is 2.33. The number of anilines is 1. The Bertz CT molecular complexity index is 628. The van der Waals surface area contributed by atoms with E-state index in [1.54, 1.807) is 18.2 Å². The number of ether oxygens (including phenoxy) is 3. The summed E-state index contributed by atoms with van der Waals surface area (Å²) < 4.78 is 15.2. The molecule has 0 bridgehead atoms. The van der Waals surface area contributed by atoms with Crippen LogP contribution in [0.15, 0.2) is 18.2 Å². The Balaban J connectivity index is 2.18. The summed E-state index contributed by atoms with van der Waals surface area (Å²) in [6.45, 7) is 1.95. The highest BCUT2D eigenvalue weighted by atomic mass is 16.6. The molecule has 1 aliphatic rings. The molecule has 7 heteroatoms. The molecule has 24 heavy (non-hydrogen) atoms. The third-order valence-corrected chi connectivity index (χ3v) is 3.54. The molecule has 1 amide bonds. The van der Waals surface area contributed by atoms with Gasteiger partial charge in [0.05, 0.1) is 12.3 Å². The van der Waals surface area contributed by atoms with Crippen LogP contribution in [0.4, 0.5) is 5.69 Å². The molecule has 1 aromatic carbocycles. The van der Waals surface area contributed by atoms with Crippen molar-refractivity contribution in [1.29, 1.82) is 0 Å². The Morgan fingerprint density at radius 2 is 2.08 bits per heavy atom. The summed E-state index contributed by atoms with van der Waals surface area (Å²) in [7, 11) is 1.50. The molecule has 1 heterocycles. The lowest BCUT2D eigenvalue weighted by molar-refractivity contribution is -0.144. The molecule has 2 rings (SSSR count). The van der Waals surface area contributed by atoms with Crippen LogP contribution in [-0.4, -0.2) is 51.1 Å². The van der Waals surface area contributed by atoms with Crippen LogP contribution >= 0.6 is 0 Å². The smallest absolute Gasteiger partial charge is 0.326 e. The van der Waals surface area contributed by atoms with Gasteiger partial charge in [-0.15, -0.1) is 0 Å². The SMILES string of the molecule is CCCC(=O)c1ccc2c(c1)N(CC(=O)OCCOC)C(=O)CO2. The molecule has 130 valence electrons. The van der Waals surface area contributed by atoms with Crippen molar-refractivity contribution in [3.63, 3.8) is 0 Å². The Morgan fingerprint density at radius 1 is 1.29 bits per heavy atom. The second-order valence-electron chi connectivity index (χ2n) is 5.34. The monoisotopic (exact) mass is 335 g/mol. The molecule has 0 unspecified atom stereocenters. The number of esters is 1. The van der Waals surface area contributed by atoms with Crippen LogP contribution in [0.2, 0.25) is 0 Å². The van der Waals surface area contributed by atoms with Crippen molar-refractivity contribution >= 4 is 23.3 Å². The number of ketones is 1. The Labute approximate surface area is 140 Å². The van der Waals surface area contributed by atoms with Crippen molar-refractivity contribution in [2.24, 2.45) is 0 Å². The first-order valence-electron chi connectivity index (χ1n) is 7.81. The molecule has 0 saturated carbocycles. The first-order valence-corrected chi connectivity index (χ1v) is 7.81. The zero-order valence-corrected chi connectivity index (χ0v) is 13.9. The number of benzene rings is 1. The van der Waals surface area contributed by atoms with Gasteiger partial charge in [0.1, 0.15) is 18.9 Å². The Morgan fingerprint density at radius 3 is 2.79 bits per heavy atom. The molecule has 0 aromatic heterocycles. The number of fused-ring (bicyclic) bond motifs is 1. The second-order valence-corrected chi connectivity index (χ2v) is 5.34. The van der Waals surface area contributed by atoms with Crippen LogP contribution in [-0.2, 0) is 19.1 Å². The summed E-state index contributed by atoms with van der Waals surface area (Å²) in [4.78, 5) is 37.4. The minimum absolute atomic E-state index is 0.0130. The Hall–Kier alpha value is -2.41. The average molecular weight is 335 g/mol. The number of hydrogen-bond acceptors (Lipinski definition) is 6. The van der Waals surface area contributed by atoms with Crippen molar-refractivity contribution in [2.75, 3.05) is 38.4 Å². The van der Waals surface area contributed by atoms with Gasteiger partial charge in [-0.1, -0.05) is 6.92 Å². The summed E-state index contributed by atoms with van der Waals surface area (Å²) in [5, 5.41) is 0. The number of carbonyl (C=O) groups is 3. The maximum atomic E-state index is 12.1. The van der Waals surface area contributed by atoms with E-state index in [9.17, 15) is 14.4 Å². The van der Waals surface area contributed by atoms with Crippen molar-refractivity contribution in [1.82, 2.24) is 0 Å². The van der Waals surface area contributed by atoms with Gasteiger partial charge in [-0.05, 0) is 24.6 Å². The van der Waals surface area contributed by atoms with Gasteiger partial charge >= 0.3 is 5.97 Å². The molecule has 7 nitrogen and oxygen atoms in total. The van der Waals surface area contributed by atoms with Crippen LogP contribution < -0.4 is 9.64 Å². The molecule has 1 aromatic rings. The van der Waals surface area contributed by atoms with E-state index in [4.69, 9.17) is 14.2 Å². The summed E-state index contributed by atoms with van der Waals surface area (Å²) in [5.41, 5.74) is 0.906. The van der Waals surface area contributed by atoms with E-state index in [1.807, 2.05) is 6.92 Å². The Kier molecular flexibility index (Phi) is 6.31. The molecule has 0 N–H and O–H groups in total. The maximum Gasteiger partial charge on any atom is 0.326 e. The lowest BCUT2D eigenvalue weighted by Gasteiger charge is -2.29. The number of methoxy groups -OCH3 is 1. The van der Waals surface area contributed by atoms with Crippen molar-refractivity contribution in [3.05, 3.63) is 23.8 Å². The van der Waals surface area contributed by atoms with Crippen LogP contribution in [0.25, 0.3) is 0 Å². The molecular weight excluding hydrogens is 314 g/mol. The van der Waals surface area contributed by atoms with Gasteiger partial charge in [-0.2, -0.15) is 0 Å². The maximum absolute atomic E-state index is 12.1. The quantitative estimate of drug-likeness (QED) is 0.408. The van der Waals surface area contributed by atoms with Gasteiger partial charge in [0.2, 0.25) is 0 Å². The topological polar surface area (TPSA) is 82.1 Å². The normalized spacial score (nSPS) is 13.2. The van der Waals surface area contributed by atoms with Crippen molar-refractivity contribution < 1.29 is 28.6 Å². The number of carbonyl (C=O) groups excluding carboxylic acids is 3. The highest BCUT2D eigenvalue weighted by molar-refractivity contribution is 6.04.